The summed E-state index contributed by atoms with van der Waals surface area (Å²) in [6.07, 6.45) is 0. The third-order valence-electron chi connectivity index (χ3n) is 2.98. The minimum Gasteiger partial charge on any atom is -0.490 e. The highest BCUT2D eigenvalue weighted by Gasteiger charge is 2.28. The van der Waals surface area contributed by atoms with Gasteiger partial charge >= 0.3 is 0 Å². The Kier molecular flexibility index (Phi) is 3.84. The Morgan fingerprint density at radius 1 is 1.11 bits per heavy atom. The van der Waals surface area contributed by atoms with Gasteiger partial charge in [-0.3, -0.25) is 0 Å². The fourth-order valence-electron chi connectivity index (χ4n) is 1.75. The van der Waals surface area contributed by atoms with Crippen LogP contribution in [0, 0.1) is 18.3 Å². The zero-order valence-electron chi connectivity index (χ0n) is 10.8. The SMILES string of the molecule is Cc1ccc(OCC(N)(C#N)c2ccccc2)cc1. The monoisotopic (exact) mass is 252 g/mol. The quantitative estimate of drug-likeness (QED) is 0.910. The molecular formula is C16H16N2O. The molecule has 2 aromatic rings. The molecule has 1 atom stereocenters. The molecule has 19 heavy (non-hydrogen) atoms. The van der Waals surface area contributed by atoms with Gasteiger partial charge in [0.2, 0.25) is 0 Å². The number of benzene rings is 2. The molecule has 0 aliphatic rings. The van der Waals surface area contributed by atoms with Crippen LogP contribution in [-0.4, -0.2) is 6.61 Å². The van der Waals surface area contributed by atoms with E-state index in [2.05, 4.69) is 6.07 Å². The van der Waals surface area contributed by atoms with Crippen molar-refractivity contribution >= 4 is 0 Å². The van der Waals surface area contributed by atoms with Gasteiger partial charge in [-0.15, -0.1) is 0 Å². The van der Waals surface area contributed by atoms with E-state index in [0.29, 0.717) is 5.75 Å². The lowest BCUT2D eigenvalue weighted by molar-refractivity contribution is 0.255. The molecule has 1 unspecified atom stereocenters. The van der Waals surface area contributed by atoms with Crippen molar-refractivity contribution in [1.29, 1.82) is 5.26 Å². The number of nitriles is 1. The molecule has 3 nitrogen and oxygen atoms in total. The maximum absolute atomic E-state index is 9.31. The van der Waals surface area contributed by atoms with Crippen molar-refractivity contribution in [3.8, 4) is 11.8 Å². The summed E-state index contributed by atoms with van der Waals surface area (Å²) in [6, 6.07) is 19.1. The van der Waals surface area contributed by atoms with Crippen LogP contribution in [0.4, 0.5) is 0 Å². The molecule has 96 valence electrons. The first kappa shape index (κ1) is 13.1. The second-order valence-electron chi connectivity index (χ2n) is 4.55. The van der Waals surface area contributed by atoms with Gasteiger partial charge in [0.15, 0.2) is 5.54 Å². The van der Waals surface area contributed by atoms with Crippen molar-refractivity contribution in [3.05, 3.63) is 65.7 Å². The molecule has 0 radical (unpaired) electrons. The van der Waals surface area contributed by atoms with E-state index in [0.717, 1.165) is 11.1 Å². The van der Waals surface area contributed by atoms with Gasteiger partial charge in [-0.25, -0.2) is 0 Å². The lowest BCUT2D eigenvalue weighted by Crippen LogP contribution is -2.41. The van der Waals surface area contributed by atoms with Gasteiger partial charge < -0.3 is 10.5 Å². The van der Waals surface area contributed by atoms with Crippen LogP contribution >= 0.6 is 0 Å². The normalized spacial score (nSPS) is 13.3. The van der Waals surface area contributed by atoms with Crippen LogP contribution in [0.15, 0.2) is 54.6 Å². The molecule has 2 aromatic carbocycles. The Morgan fingerprint density at radius 3 is 2.32 bits per heavy atom. The Bertz CT molecular complexity index is 572. The maximum Gasteiger partial charge on any atom is 0.164 e. The van der Waals surface area contributed by atoms with Gasteiger partial charge in [0.25, 0.3) is 0 Å². The molecule has 0 bridgehead atoms. The molecule has 0 spiro atoms. The topological polar surface area (TPSA) is 59.0 Å². The molecule has 2 N–H and O–H groups in total. The number of hydrogen-bond donors (Lipinski definition) is 1. The van der Waals surface area contributed by atoms with Crippen LogP contribution in [0.2, 0.25) is 0 Å². The zero-order chi connectivity index (χ0) is 13.7. The Hall–Kier alpha value is -2.31. The molecule has 0 fully saturated rings. The van der Waals surface area contributed by atoms with E-state index in [-0.39, 0.29) is 6.61 Å². The van der Waals surface area contributed by atoms with E-state index in [1.807, 2.05) is 61.5 Å². The van der Waals surface area contributed by atoms with E-state index in [9.17, 15) is 5.26 Å². The van der Waals surface area contributed by atoms with E-state index in [4.69, 9.17) is 10.5 Å². The summed E-state index contributed by atoms with van der Waals surface area (Å²) in [7, 11) is 0. The fraction of sp³-hybridized carbons (Fsp3) is 0.188. The van der Waals surface area contributed by atoms with E-state index in [1.165, 1.54) is 0 Å². The number of ether oxygens (including phenoxy) is 1. The molecule has 0 aromatic heterocycles. The highest BCUT2D eigenvalue weighted by Crippen LogP contribution is 2.20. The number of rotatable bonds is 4. The van der Waals surface area contributed by atoms with Crippen LogP contribution in [0.1, 0.15) is 11.1 Å². The third kappa shape index (κ3) is 3.12. The summed E-state index contributed by atoms with van der Waals surface area (Å²) >= 11 is 0. The van der Waals surface area contributed by atoms with Crippen LogP contribution in [0.3, 0.4) is 0 Å². The lowest BCUT2D eigenvalue weighted by atomic mass is 9.94. The second kappa shape index (κ2) is 5.55. The summed E-state index contributed by atoms with van der Waals surface area (Å²) in [6.45, 7) is 2.13. The van der Waals surface area contributed by atoms with Crippen LogP contribution in [-0.2, 0) is 5.54 Å². The lowest BCUT2D eigenvalue weighted by Gasteiger charge is -2.22. The van der Waals surface area contributed by atoms with Crippen molar-refractivity contribution in [2.45, 2.75) is 12.5 Å². The first-order valence-corrected chi connectivity index (χ1v) is 6.09. The Labute approximate surface area is 113 Å². The average molecular weight is 252 g/mol. The Morgan fingerprint density at radius 2 is 1.74 bits per heavy atom. The molecule has 0 aliphatic heterocycles. The van der Waals surface area contributed by atoms with Crippen molar-refractivity contribution in [2.24, 2.45) is 5.73 Å². The summed E-state index contributed by atoms with van der Waals surface area (Å²) in [5.74, 6) is 0.714. The van der Waals surface area contributed by atoms with E-state index in [1.54, 1.807) is 0 Å². The van der Waals surface area contributed by atoms with Gasteiger partial charge in [0, 0.05) is 0 Å². The standard InChI is InChI=1S/C16H16N2O/c1-13-7-9-15(10-8-13)19-12-16(18,11-17)14-5-3-2-4-6-14/h2-10H,12,18H2,1H3. The summed E-state index contributed by atoms with van der Waals surface area (Å²) in [5, 5.41) is 9.31. The largest absolute Gasteiger partial charge is 0.490 e. The molecular weight excluding hydrogens is 236 g/mol. The highest BCUT2D eigenvalue weighted by atomic mass is 16.5. The van der Waals surface area contributed by atoms with E-state index >= 15 is 0 Å². The highest BCUT2D eigenvalue weighted by molar-refractivity contribution is 5.32. The summed E-state index contributed by atoms with van der Waals surface area (Å²) in [4.78, 5) is 0. The van der Waals surface area contributed by atoms with Crippen molar-refractivity contribution in [2.75, 3.05) is 6.61 Å². The zero-order valence-corrected chi connectivity index (χ0v) is 10.8. The van der Waals surface area contributed by atoms with Crippen LogP contribution in [0.25, 0.3) is 0 Å². The molecule has 0 saturated carbocycles. The second-order valence-corrected chi connectivity index (χ2v) is 4.55. The van der Waals surface area contributed by atoms with Gasteiger partial charge in [0.1, 0.15) is 12.4 Å². The first-order chi connectivity index (χ1) is 9.14. The minimum atomic E-state index is -1.13. The number of nitrogens with zero attached hydrogens (tertiary/aromatic N) is 1. The molecule has 0 heterocycles. The number of hydrogen-bond acceptors (Lipinski definition) is 3. The molecule has 0 aliphatic carbocycles. The first-order valence-electron chi connectivity index (χ1n) is 6.09. The third-order valence-corrected chi connectivity index (χ3v) is 2.98. The van der Waals surface area contributed by atoms with E-state index < -0.39 is 5.54 Å². The van der Waals surface area contributed by atoms with Gasteiger partial charge in [-0.05, 0) is 24.6 Å². The number of nitrogens with two attached hydrogens (primary N) is 1. The average Bonchev–Trinajstić information content (AvgIpc) is 2.47. The smallest absolute Gasteiger partial charge is 0.164 e. The summed E-state index contributed by atoms with van der Waals surface area (Å²) in [5.41, 5.74) is 6.89. The fourth-order valence-corrected chi connectivity index (χ4v) is 1.75. The maximum atomic E-state index is 9.31. The van der Waals surface area contributed by atoms with Gasteiger partial charge in [-0.1, -0.05) is 48.0 Å². The molecule has 0 saturated heterocycles. The van der Waals surface area contributed by atoms with Crippen molar-refractivity contribution < 1.29 is 4.74 Å². The molecule has 2 rings (SSSR count). The van der Waals surface area contributed by atoms with Crippen LogP contribution in [0.5, 0.6) is 5.75 Å². The molecule has 3 heteroatoms. The molecule has 0 amide bonds. The van der Waals surface area contributed by atoms with Gasteiger partial charge in [0.05, 0.1) is 6.07 Å². The van der Waals surface area contributed by atoms with Crippen molar-refractivity contribution in [3.63, 3.8) is 0 Å². The predicted molar refractivity (Wildman–Crippen MR) is 74.6 cm³/mol. The van der Waals surface area contributed by atoms with Crippen LogP contribution < -0.4 is 10.5 Å². The number of aryl methyl sites for hydroxylation is 1. The predicted octanol–water partition coefficient (Wildman–Crippen LogP) is 2.75. The Balaban J connectivity index is 2.12. The van der Waals surface area contributed by atoms with Gasteiger partial charge in [-0.2, -0.15) is 5.26 Å². The summed E-state index contributed by atoms with van der Waals surface area (Å²) < 4.78 is 5.62. The van der Waals surface area contributed by atoms with Crippen molar-refractivity contribution in [1.82, 2.24) is 0 Å². The minimum absolute atomic E-state index is 0.122.